The second-order valence-electron chi connectivity index (χ2n) is 11.9. The van der Waals surface area contributed by atoms with E-state index < -0.39 is 5.82 Å². The fourth-order valence-electron chi connectivity index (χ4n) is 7.10. The van der Waals surface area contributed by atoms with Crippen LogP contribution in [0.5, 0.6) is 0 Å². The summed E-state index contributed by atoms with van der Waals surface area (Å²) >= 11 is 1.92. The minimum Gasteiger partial charge on any atom is -0.349 e. The lowest BCUT2D eigenvalue weighted by molar-refractivity contribution is -0.131. The summed E-state index contributed by atoms with van der Waals surface area (Å²) in [4.78, 5) is 49.4. The number of ketones is 2. The van der Waals surface area contributed by atoms with Gasteiger partial charge in [0.1, 0.15) is 11.6 Å². The highest BCUT2D eigenvalue weighted by Gasteiger charge is 2.42. The van der Waals surface area contributed by atoms with Gasteiger partial charge in [0.15, 0.2) is 11.4 Å². The Morgan fingerprint density at radius 3 is 2.41 bits per heavy atom. The first-order valence-electron chi connectivity index (χ1n) is 14.7. The Balaban J connectivity index is 1.17. The Labute approximate surface area is 243 Å². The second kappa shape index (κ2) is 11.6. The van der Waals surface area contributed by atoms with Crippen molar-refractivity contribution < 1.29 is 18.8 Å². The van der Waals surface area contributed by atoms with Gasteiger partial charge in [0, 0.05) is 48.5 Å². The zero-order valence-corrected chi connectivity index (χ0v) is 24.4. The van der Waals surface area contributed by atoms with Crippen molar-refractivity contribution in [3.05, 3.63) is 58.6 Å². The first-order chi connectivity index (χ1) is 19.8. The monoisotopic (exact) mass is 577 g/mol. The number of thioether (sulfide) groups is 1. The highest BCUT2D eigenvalue weighted by molar-refractivity contribution is 7.99. The smallest absolute Gasteiger partial charge is 0.254 e. The third-order valence-electron chi connectivity index (χ3n) is 9.39. The maximum Gasteiger partial charge on any atom is 0.254 e. The molecule has 1 aliphatic heterocycles. The molecule has 1 saturated carbocycles. The predicted molar refractivity (Wildman–Crippen MR) is 155 cm³/mol. The van der Waals surface area contributed by atoms with Crippen LogP contribution in [0.1, 0.15) is 82.7 Å². The molecule has 216 valence electrons. The third kappa shape index (κ3) is 5.67. The highest BCUT2D eigenvalue weighted by Crippen LogP contribution is 2.41. The Morgan fingerprint density at radius 1 is 0.951 bits per heavy atom. The van der Waals surface area contributed by atoms with E-state index in [1.54, 1.807) is 10.7 Å². The number of rotatable bonds is 4. The molecule has 41 heavy (non-hydrogen) atoms. The molecule has 1 N–H and O–H groups in total. The number of halogens is 1. The summed E-state index contributed by atoms with van der Waals surface area (Å²) in [5.74, 6) is 1.13. The molecule has 1 saturated heterocycles. The lowest BCUT2D eigenvalue weighted by Crippen LogP contribution is -2.43. The van der Waals surface area contributed by atoms with E-state index in [0.717, 1.165) is 67.6 Å². The summed E-state index contributed by atoms with van der Waals surface area (Å²) in [6, 6.07) is 3.16. The van der Waals surface area contributed by atoms with E-state index in [1.807, 2.05) is 31.7 Å². The number of amides is 1. The Morgan fingerprint density at radius 2 is 1.66 bits per heavy atom. The van der Waals surface area contributed by atoms with Crippen molar-refractivity contribution in [2.75, 3.05) is 11.5 Å². The molecule has 0 spiro atoms. The van der Waals surface area contributed by atoms with Gasteiger partial charge < -0.3 is 5.32 Å². The van der Waals surface area contributed by atoms with Crippen molar-refractivity contribution in [2.45, 2.75) is 71.3 Å². The van der Waals surface area contributed by atoms with Crippen molar-refractivity contribution >= 4 is 34.9 Å². The van der Waals surface area contributed by atoms with Gasteiger partial charge in [-0.15, -0.1) is 0 Å². The van der Waals surface area contributed by atoms with Crippen molar-refractivity contribution in [1.82, 2.24) is 24.9 Å². The molecule has 3 aliphatic rings. The molecule has 2 aliphatic carbocycles. The van der Waals surface area contributed by atoms with Gasteiger partial charge in [-0.3, -0.25) is 19.4 Å². The van der Waals surface area contributed by atoms with E-state index in [9.17, 15) is 18.8 Å². The Kier molecular flexibility index (Phi) is 7.94. The minimum atomic E-state index is -0.519. The zero-order chi connectivity index (χ0) is 28.7. The third-order valence-corrected chi connectivity index (χ3v) is 10.4. The molecule has 0 bridgehead atoms. The predicted octanol–water partition coefficient (Wildman–Crippen LogP) is 4.94. The van der Waals surface area contributed by atoms with Crippen molar-refractivity contribution in [1.29, 1.82) is 0 Å². The SMILES string of the molecule is Cc1cc2ncc(C(=O)NC3CCC(C4CC(=O)c5cc(F)cnc5CC(C5CCSCC5)C4=O)CC3)c(C)n2n1. The molecule has 3 aromatic heterocycles. The van der Waals surface area contributed by atoms with Crippen LogP contribution in [0.15, 0.2) is 24.5 Å². The van der Waals surface area contributed by atoms with E-state index in [0.29, 0.717) is 28.9 Å². The number of hydrogen-bond donors (Lipinski definition) is 1. The maximum atomic E-state index is 14.2. The molecule has 2 fully saturated rings. The number of aromatic nitrogens is 4. The van der Waals surface area contributed by atoms with Gasteiger partial charge in [0.2, 0.25) is 0 Å². The summed E-state index contributed by atoms with van der Waals surface area (Å²) in [7, 11) is 0. The van der Waals surface area contributed by atoms with Crippen LogP contribution in [0.25, 0.3) is 5.65 Å². The van der Waals surface area contributed by atoms with E-state index in [-0.39, 0.29) is 53.6 Å². The summed E-state index contributed by atoms with van der Waals surface area (Å²) in [5.41, 5.74) is 3.69. The Bertz CT molecular complexity index is 1490. The van der Waals surface area contributed by atoms with Gasteiger partial charge >= 0.3 is 0 Å². The molecule has 3 aromatic rings. The van der Waals surface area contributed by atoms with Crippen molar-refractivity contribution in [2.24, 2.45) is 23.7 Å². The summed E-state index contributed by atoms with van der Waals surface area (Å²) in [6.07, 6.45) is 8.22. The largest absolute Gasteiger partial charge is 0.349 e. The number of carbonyl (C=O) groups excluding carboxylic acids is 3. The summed E-state index contributed by atoms with van der Waals surface area (Å²) < 4.78 is 15.8. The molecule has 0 aromatic carbocycles. The van der Waals surface area contributed by atoms with Gasteiger partial charge in [0.25, 0.3) is 5.91 Å². The van der Waals surface area contributed by atoms with Crippen LogP contribution in [-0.4, -0.2) is 54.6 Å². The first kappa shape index (κ1) is 28.0. The van der Waals surface area contributed by atoms with E-state index in [2.05, 4.69) is 20.4 Å². The van der Waals surface area contributed by atoms with E-state index in [4.69, 9.17) is 0 Å². The molecule has 1 amide bonds. The standard InChI is InChI=1S/C31H36FN5O3S/c1-17-11-29-34-16-26(18(2)37(29)36-17)31(40)35-22-5-3-19(4-6-22)24-14-28(38)25-12-21(32)15-33-27(25)13-23(30(24)39)20-7-9-41-10-8-20/h11-12,15-16,19-20,22-24H,3-10,13-14H2,1-2H3,(H,35,40). The summed E-state index contributed by atoms with van der Waals surface area (Å²) in [6.45, 7) is 3.76. The number of fused-ring (bicyclic) bond motifs is 2. The molecular formula is C31H36FN5O3S. The number of Topliss-reactive ketones (excluding diaryl/α,β-unsaturated/α-hetero) is 2. The lowest BCUT2D eigenvalue weighted by Gasteiger charge is -2.38. The average Bonchev–Trinajstić information content (AvgIpc) is 3.36. The van der Waals surface area contributed by atoms with Crippen LogP contribution in [0.2, 0.25) is 0 Å². The minimum absolute atomic E-state index is 0.0160. The average molecular weight is 578 g/mol. The molecule has 8 nitrogen and oxygen atoms in total. The number of hydrogen-bond acceptors (Lipinski definition) is 7. The molecule has 6 rings (SSSR count). The fraction of sp³-hybridized carbons (Fsp3) is 0.548. The van der Waals surface area contributed by atoms with Crippen molar-refractivity contribution in [3.63, 3.8) is 0 Å². The fourth-order valence-corrected chi connectivity index (χ4v) is 8.24. The van der Waals surface area contributed by atoms with Gasteiger partial charge in [0.05, 0.1) is 28.8 Å². The number of nitrogens with one attached hydrogen (secondary N) is 1. The highest BCUT2D eigenvalue weighted by atomic mass is 32.2. The second-order valence-corrected chi connectivity index (χ2v) is 13.2. The molecule has 2 atom stereocenters. The zero-order valence-electron chi connectivity index (χ0n) is 23.6. The van der Waals surface area contributed by atoms with E-state index in [1.165, 1.54) is 6.07 Å². The van der Waals surface area contributed by atoms with Gasteiger partial charge in [-0.2, -0.15) is 16.9 Å². The number of carbonyl (C=O) groups is 3. The van der Waals surface area contributed by atoms with Crippen LogP contribution in [0.4, 0.5) is 4.39 Å². The molecule has 0 radical (unpaired) electrons. The quantitative estimate of drug-likeness (QED) is 0.468. The van der Waals surface area contributed by atoms with Crippen LogP contribution < -0.4 is 5.32 Å². The van der Waals surface area contributed by atoms with Gasteiger partial charge in [-0.05, 0) is 81.8 Å². The maximum absolute atomic E-state index is 14.2. The summed E-state index contributed by atoms with van der Waals surface area (Å²) in [5, 5.41) is 7.61. The first-order valence-corrected chi connectivity index (χ1v) is 15.9. The molecular weight excluding hydrogens is 541 g/mol. The van der Waals surface area contributed by atoms with Crippen LogP contribution in [0.3, 0.4) is 0 Å². The van der Waals surface area contributed by atoms with Crippen LogP contribution >= 0.6 is 11.8 Å². The van der Waals surface area contributed by atoms with Gasteiger partial charge in [-0.25, -0.2) is 13.9 Å². The van der Waals surface area contributed by atoms with E-state index >= 15 is 0 Å². The normalized spacial score (nSPS) is 25.9. The molecule has 4 heterocycles. The molecule has 2 unspecified atom stereocenters. The van der Waals surface area contributed by atoms with Crippen LogP contribution in [0, 0.1) is 43.3 Å². The number of aryl methyl sites for hydroxylation is 2. The Hall–Kier alpha value is -3.14. The number of nitrogens with zero attached hydrogens (tertiary/aromatic N) is 4. The van der Waals surface area contributed by atoms with Crippen molar-refractivity contribution in [3.8, 4) is 0 Å². The topological polar surface area (TPSA) is 106 Å². The van der Waals surface area contributed by atoms with Gasteiger partial charge in [-0.1, -0.05) is 0 Å². The lowest BCUT2D eigenvalue weighted by atomic mass is 9.67. The number of pyridine rings is 1. The molecule has 10 heteroatoms. The van der Waals surface area contributed by atoms with Crippen LogP contribution in [-0.2, 0) is 11.2 Å².